The van der Waals surface area contributed by atoms with Crippen molar-refractivity contribution >= 4 is 34.7 Å². The first-order chi connectivity index (χ1) is 18.0. The monoisotopic (exact) mass is 548 g/mol. The summed E-state index contributed by atoms with van der Waals surface area (Å²) in [5.41, 5.74) is -4.94. The minimum absolute atomic E-state index is 0.0160. The van der Waals surface area contributed by atoms with E-state index in [1.807, 2.05) is 20.8 Å². The first kappa shape index (κ1) is 27.7. The number of rotatable bonds is 6. The molecular weight excluding hydrogens is 525 g/mol. The van der Waals surface area contributed by atoms with Crippen molar-refractivity contribution in [1.82, 2.24) is 0 Å². The molecule has 14 heteroatoms. The summed E-state index contributed by atoms with van der Waals surface area (Å²) in [6, 6.07) is 6.65. The predicted molar refractivity (Wildman–Crippen MR) is 131 cm³/mol. The van der Waals surface area contributed by atoms with Gasteiger partial charge in [0.05, 0.1) is 38.2 Å². The van der Waals surface area contributed by atoms with Crippen molar-refractivity contribution in [2.24, 2.45) is 21.4 Å². The molecule has 0 aromatic heterocycles. The molecule has 1 N–H and O–H groups in total. The number of hydrogen-bond donors (Lipinski definition) is 1. The molecule has 4 rings (SSSR count). The Morgan fingerprint density at radius 2 is 1.62 bits per heavy atom. The Morgan fingerprint density at radius 1 is 1.00 bits per heavy atom. The van der Waals surface area contributed by atoms with Crippen LogP contribution in [0.25, 0.3) is 0 Å². The van der Waals surface area contributed by atoms with E-state index in [0.717, 1.165) is 24.3 Å². The molecule has 2 aromatic rings. The number of benzene rings is 2. The molecule has 0 saturated heterocycles. The van der Waals surface area contributed by atoms with E-state index in [1.54, 1.807) is 0 Å². The highest BCUT2D eigenvalue weighted by Gasteiger charge is 2.71. The number of oxime groups is 1. The van der Waals surface area contributed by atoms with Crippen LogP contribution in [-0.4, -0.2) is 27.4 Å². The predicted octanol–water partition coefficient (Wildman–Crippen LogP) is 5.89. The first-order valence-corrected chi connectivity index (χ1v) is 11.7. The third-order valence-corrected chi connectivity index (χ3v) is 8.41. The summed E-state index contributed by atoms with van der Waals surface area (Å²) >= 11 is 0. The van der Waals surface area contributed by atoms with E-state index in [4.69, 9.17) is 4.84 Å². The van der Waals surface area contributed by atoms with Gasteiger partial charge in [-0.3, -0.25) is 25.0 Å². The zero-order valence-electron chi connectivity index (χ0n) is 21.0. The maximum Gasteiger partial charge on any atom is 0.416 e. The largest absolute Gasteiger partial charge is 0.416 e. The van der Waals surface area contributed by atoms with Gasteiger partial charge in [0.1, 0.15) is 0 Å². The number of nitro groups is 2. The maximum absolute atomic E-state index is 13.5. The van der Waals surface area contributed by atoms with E-state index in [0.29, 0.717) is 24.6 Å². The number of halogens is 3. The van der Waals surface area contributed by atoms with Crippen LogP contribution in [0, 0.1) is 36.5 Å². The van der Waals surface area contributed by atoms with Gasteiger partial charge in [0.25, 0.3) is 11.4 Å². The van der Waals surface area contributed by atoms with Crippen LogP contribution < -0.4 is 5.32 Å². The molecule has 0 spiro atoms. The average Bonchev–Trinajstić information content (AvgIpc) is 3.17. The number of carbonyl (C=O) groups excluding carboxylic acids is 2. The topological polar surface area (TPSA) is 154 Å². The van der Waals surface area contributed by atoms with Crippen LogP contribution in [0.4, 0.5) is 30.2 Å². The number of nitrogens with one attached hydrogen (secondary N) is 1. The van der Waals surface area contributed by atoms with Gasteiger partial charge in [0.15, 0.2) is 0 Å². The molecule has 11 nitrogen and oxygen atoms in total. The molecule has 0 radical (unpaired) electrons. The van der Waals surface area contributed by atoms with Crippen molar-refractivity contribution in [2.45, 2.75) is 46.2 Å². The minimum atomic E-state index is -4.58. The van der Waals surface area contributed by atoms with Gasteiger partial charge in [0, 0.05) is 29.7 Å². The van der Waals surface area contributed by atoms with E-state index >= 15 is 0 Å². The van der Waals surface area contributed by atoms with Crippen molar-refractivity contribution in [3.8, 4) is 0 Å². The summed E-state index contributed by atoms with van der Waals surface area (Å²) in [7, 11) is 0. The second-order valence-corrected chi connectivity index (χ2v) is 10.4. The smallest absolute Gasteiger partial charge is 0.326 e. The lowest BCUT2D eigenvalue weighted by molar-refractivity contribution is -0.394. The van der Waals surface area contributed by atoms with Gasteiger partial charge in [-0.15, -0.1) is 0 Å². The summed E-state index contributed by atoms with van der Waals surface area (Å²) < 4.78 is 39.4. The molecule has 2 aliphatic carbocycles. The van der Waals surface area contributed by atoms with Gasteiger partial charge in [-0.05, 0) is 36.5 Å². The fraction of sp³-hybridized carbons (Fsp3) is 0.400. The van der Waals surface area contributed by atoms with Crippen LogP contribution in [-0.2, 0) is 15.8 Å². The zero-order chi connectivity index (χ0) is 29.0. The Hall–Kier alpha value is -4.36. The number of carbonyl (C=O) groups is 2. The molecule has 2 bridgehead atoms. The van der Waals surface area contributed by atoms with Gasteiger partial charge < -0.3 is 10.2 Å². The van der Waals surface area contributed by atoms with Gasteiger partial charge in [-0.1, -0.05) is 32.0 Å². The van der Waals surface area contributed by atoms with E-state index in [-0.39, 0.29) is 12.1 Å². The Bertz CT molecular complexity index is 1410. The van der Waals surface area contributed by atoms with Crippen LogP contribution in [0.15, 0.2) is 47.6 Å². The molecule has 2 saturated carbocycles. The second kappa shape index (κ2) is 9.13. The first-order valence-electron chi connectivity index (χ1n) is 11.7. The Labute approximate surface area is 219 Å². The van der Waals surface area contributed by atoms with E-state index in [2.05, 4.69) is 10.5 Å². The number of anilines is 1. The van der Waals surface area contributed by atoms with Gasteiger partial charge in [-0.2, -0.15) is 13.2 Å². The quantitative estimate of drug-likeness (QED) is 0.268. The minimum Gasteiger partial charge on any atom is -0.326 e. The number of nitro benzene ring substituents is 2. The lowest BCUT2D eigenvalue weighted by Crippen LogP contribution is -2.43. The third-order valence-electron chi connectivity index (χ3n) is 8.41. The van der Waals surface area contributed by atoms with E-state index in [1.165, 1.54) is 12.1 Å². The Balaban J connectivity index is 1.60. The van der Waals surface area contributed by atoms with Crippen molar-refractivity contribution in [1.29, 1.82) is 0 Å². The fourth-order valence-corrected chi connectivity index (χ4v) is 5.62. The summed E-state index contributed by atoms with van der Waals surface area (Å²) in [6.07, 6.45) is -3.66. The average molecular weight is 548 g/mol. The number of hydrogen-bond acceptors (Lipinski definition) is 8. The van der Waals surface area contributed by atoms with Crippen LogP contribution >= 0.6 is 0 Å². The number of nitrogens with zero attached hydrogens (tertiary/aromatic N) is 3. The van der Waals surface area contributed by atoms with Crippen molar-refractivity contribution in [2.75, 3.05) is 5.32 Å². The summed E-state index contributed by atoms with van der Waals surface area (Å²) in [6.45, 7) is 5.50. The van der Waals surface area contributed by atoms with Crippen molar-refractivity contribution in [3.63, 3.8) is 0 Å². The van der Waals surface area contributed by atoms with Crippen molar-refractivity contribution in [3.05, 3.63) is 73.8 Å². The van der Waals surface area contributed by atoms with E-state index in [9.17, 15) is 43.0 Å². The molecule has 1 amide bonds. The molecule has 2 aromatic carbocycles. The van der Waals surface area contributed by atoms with Crippen LogP contribution in [0.1, 0.15) is 56.0 Å². The summed E-state index contributed by atoms with van der Waals surface area (Å²) in [4.78, 5) is 51.7. The van der Waals surface area contributed by atoms with Crippen LogP contribution in [0.2, 0.25) is 0 Å². The fourth-order valence-electron chi connectivity index (χ4n) is 5.62. The molecule has 39 heavy (non-hydrogen) atoms. The highest BCUT2D eigenvalue weighted by atomic mass is 19.4. The standard InChI is InChI=1S/C25H23F3N4O7/c1-22(2)23(3)7-8-24(22,21(34)29-16-6-4-5-15(11-16)25(26,27)28)13-19(23)30-39-20(33)14-9-17(31(35)36)12-18(10-14)32(37)38/h4-6,9-12H,7-8,13H2,1-3H3,(H,29,34). The number of alkyl halides is 3. The molecule has 2 unspecified atom stereocenters. The maximum atomic E-state index is 13.5. The summed E-state index contributed by atoms with van der Waals surface area (Å²) in [5.74, 6) is -1.66. The van der Waals surface area contributed by atoms with Gasteiger partial charge in [0.2, 0.25) is 5.91 Å². The van der Waals surface area contributed by atoms with Crippen LogP contribution in [0.3, 0.4) is 0 Å². The van der Waals surface area contributed by atoms with Gasteiger partial charge >= 0.3 is 12.1 Å². The molecule has 206 valence electrons. The Kier molecular flexibility index (Phi) is 6.48. The van der Waals surface area contributed by atoms with Gasteiger partial charge in [-0.25, -0.2) is 4.79 Å². The molecule has 0 heterocycles. The van der Waals surface area contributed by atoms with Crippen molar-refractivity contribution < 1.29 is 37.4 Å². The molecule has 2 atom stereocenters. The number of fused-ring (bicyclic) bond motifs is 2. The lowest BCUT2D eigenvalue weighted by Gasteiger charge is -2.39. The molecule has 2 aliphatic rings. The highest BCUT2D eigenvalue weighted by Crippen LogP contribution is 2.71. The lowest BCUT2D eigenvalue weighted by atomic mass is 9.64. The van der Waals surface area contributed by atoms with Crippen LogP contribution in [0.5, 0.6) is 0 Å². The summed E-state index contributed by atoms with van der Waals surface area (Å²) in [5, 5.41) is 28.8. The zero-order valence-corrected chi connectivity index (χ0v) is 21.0. The molecular formula is C25H23F3N4O7. The number of non-ortho nitro benzene ring substituents is 2. The molecule has 2 fully saturated rings. The number of amides is 1. The van der Waals surface area contributed by atoms with E-state index < -0.39 is 66.6 Å². The second-order valence-electron chi connectivity index (χ2n) is 10.4. The third kappa shape index (κ3) is 4.49. The molecule has 0 aliphatic heterocycles. The highest BCUT2D eigenvalue weighted by molar-refractivity contribution is 6.06. The SMILES string of the molecule is CC12CCC(C(=O)Nc3cccc(C(F)(F)F)c3)(CC1=NOC(=O)c1cc([N+](=O)[O-])cc([N+](=O)[O-])c1)C2(C)C. The Morgan fingerprint density at radius 3 is 2.18 bits per heavy atom. The normalized spacial score (nSPS) is 24.4.